The van der Waals surface area contributed by atoms with Gasteiger partial charge in [-0.05, 0) is 23.0 Å². The Morgan fingerprint density at radius 1 is 1.35 bits per heavy atom. The quantitative estimate of drug-likeness (QED) is 0.885. The zero-order valence-electron chi connectivity index (χ0n) is 11.4. The van der Waals surface area contributed by atoms with Gasteiger partial charge in [-0.1, -0.05) is 48.7 Å². The van der Waals surface area contributed by atoms with Crippen LogP contribution >= 0.6 is 11.5 Å². The predicted molar refractivity (Wildman–Crippen MR) is 77.7 cm³/mol. The minimum atomic E-state index is -0.719. The van der Waals surface area contributed by atoms with E-state index in [1.165, 1.54) is 0 Å². The average molecular weight is 291 g/mol. The largest absolute Gasteiger partial charge is 0.387 e. The third-order valence-electron chi connectivity index (χ3n) is 2.91. The minimum Gasteiger partial charge on any atom is -0.387 e. The summed E-state index contributed by atoms with van der Waals surface area (Å²) in [6.45, 7) is 4.09. The highest BCUT2D eigenvalue weighted by Gasteiger charge is 2.19. The van der Waals surface area contributed by atoms with E-state index in [-0.39, 0.29) is 18.4 Å². The first-order valence-corrected chi connectivity index (χ1v) is 7.20. The second-order valence-electron chi connectivity index (χ2n) is 4.78. The molecule has 1 aromatic heterocycles. The number of hydrogen-bond donors (Lipinski definition) is 2. The van der Waals surface area contributed by atoms with E-state index in [0.717, 1.165) is 17.1 Å². The van der Waals surface area contributed by atoms with Crippen molar-refractivity contribution in [1.29, 1.82) is 0 Å². The first-order valence-electron chi connectivity index (χ1n) is 6.43. The lowest BCUT2D eigenvalue weighted by Gasteiger charge is -2.12. The van der Waals surface area contributed by atoms with E-state index < -0.39 is 6.10 Å². The van der Waals surface area contributed by atoms with Crippen molar-refractivity contribution in [2.24, 2.45) is 0 Å². The molecule has 2 N–H and O–H groups in total. The van der Waals surface area contributed by atoms with Crippen LogP contribution in [0.3, 0.4) is 0 Å². The van der Waals surface area contributed by atoms with Crippen LogP contribution in [0.4, 0.5) is 0 Å². The van der Waals surface area contributed by atoms with Gasteiger partial charge >= 0.3 is 0 Å². The fraction of sp³-hybridized carbons (Fsp3) is 0.357. The lowest BCUT2D eigenvalue weighted by molar-refractivity contribution is 0.0919. The number of hydrogen-bond acceptors (Lipinski definition) is 5. The number of rotatable bonds is 5. The predicted octanol–water partition coefficient (Wildman–Crippen LogP) is 2.12. The molecule has 1 heterocycles. The fourth-order valence-corrected chi connectivity index (χ4v) is 2.53. The first kappa shape index (κ1) is 14.6. The lowest BCUT2D eigenvalue weighted by atomic mass is 10.1. The highest BCUT2D eigenvalue weighted by molar-refractivity contribution is 7.08. The van der Waals surface area contributed by atoms with E-state index in [4.69, 9.17) is 0 Å². The maximum Gasteiger partial charge on any atom is 0.265 e. The van der Waals surface area contributed by atoms with Crippen LogP contribution in [0.5, 0.6) is 0 Å². The van der Waals surface area contributed by atoms with Crippen molar-refractivity contribution in [2.75, 3.05) is 6.54 Å². The lowest BCUT2D eigenvalue weighted by Crippen LogP contribution is -2.28. The molecule has 1 unspecified atom stereocenters. The average Bonchev–Trinajstić information content (AvgIpc) is 2.95. The Balaban J connectivity index is 1.97. The van der Waals surface area contributed by atoms with Crippen LogP contribution in [0, 0.1) is 0 Å². The molecular formula is C14H17N3O2S. The normalized spacial score (nSPS) is 12.4. The highest BCUT2D eigenvalue weighted by atomic mass is 32.1. The zero-order valence-corrected chi connectivity index (χ0v) is 12.2. The SMILES string of the molecule is CC(C)c1nnsc1C(=O)NCC(O)c1ccccc1. The number of aliphatic hydroxyl groups excluding tert-OH is 1. The Labute approximate surface area is 121 Å². The Morgan fingerprint density at radius 3 is 2.70 bits per heavy atom. The molecule has 1 aromatic carbocycles. The Kier molecular flexibility index (Phi) is 4.81. The molecule has 0 aliphatic carbocycles. The molecule has 6 heteroatoms. The van der Waals surface area contributed by atoms with E-state index in [1.54, 1.807) is 0 Å². The fourth-order valence-electron chi connectivity index (χ4n) is 1.80. The second-order valence-corrected chi connectivity index (χ2v) is 5.53. The third-order valence-corrected chi connectivity index (χ3v) is 3.65. The Hall–Kier alpha value is -1.79. The number of benzene rings is 1. The maximum atomic E-state index is 12.1. The maximum absolute atomic E-state index is 12.1. The summed E-state index contributed by atoms with van der Waals surface area (Å²) in [4.78, 5) is 12.6. The second kappa shape index (κ2) is 6.58. The summed E-state index contributed by atoms with van der Waals surface area (Å²) < 4.78 is 3.82. The number of aliphatic hydroxyl groups is 1. The molecule has 1 atom stereocenters. The van der Waals surface area contributed by atoms with E-state index in [2.05, 4.69) is 14.9 Å². The van der Waals surface area contributed by atoms with E-state index >= 15 is 0 Å². The van der Waals surface area contributed by atoms with Crippen molar-refractivity contribution in [1.82, 2.24) is 14.9 Å². The molecule has 2 rings (SSSR count). The van der Waals surface area contributed by atoms with Crippen molar-refractivity contribution < 1.29 is 9.90 Å². The van der Waals surface area contributed by atoms with Gasteiger partial charge in [0.1, 0.15) is 4.88 Å². The van der Waals surface area contributed by atoms with Crippen LogP contribution in [0.15, 0.2) is 30.3 Å². The molecule has 0 aliphatic heterocycles. The summed E-state index contributed by atoms with van der Waals surface area (Å²) in [5.74, 6) is -0.0905. The van der Waals surface area contributed by atoms with Crippen molar-refractivity contribution in [3.63, 3.8) is 0 Å². The van der Waals surface area contributed by atoms with Gasteiger partial charge in [0.25, 0.3) is 5.91 Å². The third kappa shape index (κ3) is 3.40. The first-order chi connectivity index (χ1) is 9.59. The van der Waals surface area contributed by atoms with Gasteiger partial charge in [0, 0.05) is 6.54 Å². The molecule has 0 bridgehead atoms. The standard InChI is InChI=1S/C14H17N3O2S/c1-9(2)12-13(20-17-16-12)14(19)15-8-11(18)10-6-4-3-5-7-10/h3-7,9,11,18H,8H2,1-2H3,(H,15,19). The highest BCUT2D eigenvalue weighted by Crippen LogP contribution is 2.19. The van der Waals surface area contributed by atoms with E-state index in [0.29, 0.717) is 10.6 Å². The summed E-state index contributed by atoms with van der Waals surface area (Å²) in [5, 5.41) is 16.7. The molecule has 106 valence electrons. The summed E-state index contributed by atoms with van der Waals surface area (Å²) in [7, 11) is 0. The minimum absolute atomic E-state index is 0.147. The van der Waals surface area contributed by atoms with Gasteiger partial charge in [0.2, 0.25) is 0 Å². The molecule has 0 radical (unpaired) electrons. The molecule has 1 amide bonds. The van der Waals surface area contributed by atoms with Gasteiger partial charge in [-0.2, -0.15) is 0 Å². The van der Waals surface area contributed by atoms with Gasteiger partial charge in [0.15, 0.2) is 0 Å². The van der Waals surface area contributed by atoms with Gasteiger partial charge in [0.05, 0.1) is 11.8 Å². The van der Waals surface area contributed by atoms with Crippen molar-refractivity contribution in [3.05, 3.63) is 46.5 Å². The molecule has 2 aromatic rings. The van der Waals surface area contributed by atoms with Crippen LogP contribution in [0.2, 0.25) is 0 Å². The Bertz CT molecular complexity index is 569. The molecular weight excluding hydrogens is 274 g/mol. The zero-order chi connectivity index (χ0) is 14.5. The molecule has 0 saturated carbocycles. The van der Waals surface area contributed by atoms with Crippen molar-refractivity contribution in [3.8, 4) is 0 Å². The summed E-state index contributed by atoms with van der Waals surface area (Å²) >= 11 is 1.08. The van der Waals surface area contributed by atoms with Crippen LogP contribution in [-0.2, 0) is 0 Å². The molecule has 5 nitrogen and oxygen atoms in total. The van der Waals surface area contributed by atoms with Crippen LogP contribution < -0.4 is 5.32 Å². The number of carbonyl (C=O) groups is 1. The number of aromatic nitrogens is 2. The van der Waals surface area contributed by atoms with E-state index in [1.807, 2.05) is 44.2 Å². The summed E-state index contributed by atoms with van der Waals surface area (Å²) in [6.07, 6.45) is -0.719. The Morgan fingerprint density at radius 2 is 2.05 bits per heavy atom. The van der Waals surface area contributed by atoms with Gasteiger partial charge in [-0.25, -0.2) is 0 Å². The summed E-state index contributed by atoms with van der Waals surface area (Å²) in [6, 6.07) is 9.23. The molecule has 20 heavy (non-hydrogen) atoms. The number of nitrogens with one attached hydrogen (secondary N) is 1. The number of carbonyl (C=O) groups excluding carboxylic acids is 1. The van der Waals surface area contributed by atoms with Crippen molar-refractivity contribution in [2.45, 2.75) is 25.9 Å². The molecule has 0 aliphatic rings. The van der Waals surface area contributed by atoms with Gasteiger partial charge < -0.3 is 10.4 Å². The summed E-state index contributed by atoms with van der Waals surface area (Å²) in [5.41, 5.74) is 1.47. The smallest absolute Gasteiger partial charge is 0.265 e. The van der Waals surface area contributed by atoms with Gasteiger partial charge in [-0.3, -0.25) is 4.79 Å². The number of nitrogens with zero attached hydrogens (tertiary/aromatic N) is 2. The molecule has 0 fully saturated rings. The van der Waals surface area contributed by atoms with E-state index in [9.17, 15) is 9.90 Å². The van der Waals surface area contributed by atoms with Crippen LogP contribution in [-0.4, -0.2) is 27.1 Å². The number of amides is 1. The molecule has 0 spiro atoms. The van der Waals surface area contributed by atoms with Gasteiger partial charge in [-0.15, -0.1) is 5.10 Å². The van der Waals surface area contributed by atoms with Crippen LogP contribution in [0.1, 0.15) is 46.8 Å². The van der Waals surface area contributed by atoms with Crippen molar-refractivity contribution >= 4 is 17.4 Å². The van der Waals surface area contributed by atoms with Crippen LogP contribution in [0.25, 0.3) is 0 Å². The topological polar surface area (TPSA) is 75.1 Å². The molecule has 0 saturated heterocycles. The monoisotopic (exact) mass is 291 g/mol.